The Morgan fingerprint density at radius 2 is 1.79 bits per heavy atom. The summed E-state index contributed by atoms with van der Waals surface area (Å²) in [6.45, 7) is 2.20. The lowest BCUT2D eigenvalue weighted by Crippen LogP contribution is -2.49. The lowest BCUT2D eigenvalue weighted by atomic mass is 9.71. The number of carbonyl (C=O) groups is 3. The first-order valence-corrected chi connectivity index (χ1v) is 13.1. The van der Waals surface area contributed by atoms with E-state index in [1.54, 1.807) is 28.8 Å². The van der Waals surface area contributed by atoms with E-state index in [0.29, 0.717) is 30.7 Å². The van der Waals surface area contributed by atoms with E-state index in [4.69, 9.17) is 5.73 Å². The number of nitrogens with one attached hydrogen (secondary N) is 1. The Balaban J connectivity index is 1.22. The van der Waals surface area contributed by atoms with E-state index in [-0.39, 0.29) is 29.3 Å². The summed E-state index contributed by atoms with van der Waals surface area (Å²) < 4.78 is 3.12. The molecule has 1 aromatic carbocycles. The molecule has 0 radical (unpaired) electrons. The molecule has 6 rings (SSSR count). The van der Waals surface area contributed by atoms with Gasteiger partial charge in [-0.3, -0.25) is 28.8 Å². The molecule has 1 atom stereocenters. The largest absolute Gasteiger partial charge is 0.384 e. The van der Waals surface area contributed by atoms with Crippen LogP contribution in [0.5, 0.6) is 0 Å². The predicted octanol–water partition coefficient (Wildman–Crippen LogP) is 1.71. The molecule has 1 spiro atoms. The number of para-hydroxylation sites is 1. The number of aryl methyl sites for hydroxylation is 1. The number of fused-ring (bicyclic) bond motifs is 1. The van der Waals surface area contributed by atoms with E-state index < -0.39 is 11.9 Å². The fourth-order valence-electron chi connectivity index (χ4n) is 6.36. The average molecular weight is 518 g/mol. The summed E-state index contributed by atoms with van der Waals surface area (Å²) in [7, 11) is 1.72. The fraction of sp³-hybridized carbons (Fsp3) is 0.444. The summed E-state index contributed by atoms with van der Waals surface area (Å²) in [5.41, 5.74) is 8.58. The Kier molecular flexibility index (Phi) is 5.73. The van der Waals surface area contributed by atoms with Gasteiger partial charge >= 0.3 is 5.69 Å². The fourth-order valence-corrected chi connectivity index (χ4v) is 6.36. The molecule has 3 aromatic rings. The summed E-state index contributed by atoms with van der Waals surface area (Å²) in [5, 5.41) is 2.36. The number of hydrogen-bond donors (Lipinski definition) is 2. The zero-order chi connectivity index (χ0) is 26.6. The van der Waals surface area contributed by atoms with Crippen molar-refractivity contribution < 1.29 is 14.4 Å². The van der Waals surface area contributed by atoms with Crippen molar-refractivity contribution >= 4 is 45.9 Å². The summed E-state index contributed by atoms with van der Waals surface area (Å²) in [4.78, 5) is 58.8. The number of nitrogen functional groups attached to an aromatic ring is 1. The molecule has 3 aliphatic heterocycles. The van der Waals surface area contributed by atoms with Crippen LogP contribution >= 0.6 is 0 Å². The van der Waals surface area contributed by atoms with Crippen molar-refractivity contribution in [1.29, 1.82) is 0 Å². The molecule has 2 aromatic heterocycles. The van der Waals surface area contributed by atoms with E-state index in [1.807, 2.05) is 24.3 Å². The van der Waals surface area contributed by atoms with E-state index in [1.165, 1.54) is 4.57 Å². The highest BCUT2D eigenvalue weighted by molar-refractivity contribution is 6.00. The van der Waals surface area contributed by atoms with Crippen molar-refractivity contribution in [2.75, 3.05) is 35.2 Å². The number of aromatic nitrogens is 3. The summed E-state index contributed by atoms with van der Waals surface area (Å²) in [6.07, 6.45) is 5.34. The molecule has 0 bridgehead atoms. The van der Waals surface area contributed by atoms with E-state index in [0.717, 1.165) is 49.2 Å². The smallest absolute Gasteiger partial charge is 0.329 e. The van der Waals surface area contributed by atoms with Crippen LogP contribution in [-0.4, -0.2) is 51.5 Å². The van der Waals surface area contributed by atoms with Gasteiger partial charge in [-0.05, 0) is 55.4 Å². The second kappa shape index (κ2) is 9.00. The molecule has 11 nitrogen and oxygen atoms in total. The lowest BCUT2D eigenvalue weighted by molar-refractivity contribution is -0.135. The van der Waals surface area contributed by atoms with E-state index >= 15 is 0 Å². The first-order chi connectivity index (χ1) is 18.3. The van der Waals surface area contributed by atoms with Gasteiger partial charge in [0.2, 0.25) is 17.7 Å². The molecule has 1 unspecified atom stereocenters. The maximum Gasteiger partial charge on any atom is 0.329 e. The van der Waals surface area contributed by atoms with Crippen molar-refractivity contribution in [3.05, 3.63) is 47.0 Å². The third kappa shape index (κ3) is 3.93. The molecule has 3 saturated heterocycles. The maximum atomic E-state index is 13.3. The van der Waals surface area contributed by atoms with Crippen LogP contribution in [-0.2, 0) is 21.4 Å². The highest BCUT2D eigenvalue weighted by atomic mass is 16.2. The average Bonchev–Trinajstić information content (AvgIpc) is 3.15. The number of imidazole rings is 1. The van der Waals surface area contributed by atoms with Crippen molar-refractivity contribution in [3.8, 4) is 0 Å². The molecule has 11 heteroatoms. The molecular weight excluding hydrogens is 486 g/mol. The molecule has 3 fully saturated rings. The standard InChI is InChI=1S/C27H31N7O4/c1-31-24-18(3-2-4-19(24)34(26(31)38)20-6-8-22(35)30-25(20)37)32-12-9-27(10-13-32)11-14-33(23(36)15-27)17-5-7-21(28)29-16-17/h2-5,7,16,20H,6,8-15H2,1H3,(H2,28,29)(H,30,35,37). The zero-order valence-electron chi connectivity index (χ0n) is 21.4. The molecule has 38 heavy (non-hydrogen) atoms. The zero-order valence-corrected chi connectivity index (χ0v) is 21.4. The highest BCUT2D eigenvalue weighted by Gasteiger charge is 2.42. The Labute approximate surface area is 219 Å². The quantitative estimate of drug-likeness (QED) is 0.505. The SMILES string of the molecule is Cn1c(=O)n(C2CCC(=O)NC2=O)c2cccc(N3CCC4(CC3)CCN(c3ccc(N)nc3)C(=O)C4)c21. The number of anilines is 3. The van der Waals surface area contributed by atoms with Crippen LogP contribution in [0, 0.1) is 5.41 Å². The Hall–Kier alpha value is -4.15. The van der Waals surface area contributed by atoms with Gasteiger partial charge in [0, 0.05) is 39.5 Å². The van der Waals surface area contributed by atoms with Crippen LogP contribution in [0.25, 0.3) is 11.0 Å². The summed E-state index contributed by atoms with van der Waals surface area (Å²) in [5.74, 6) is -0.201. The minimum atomic E-state index is -0.712. The van der Waals surface area contributed by atoms with Gasteiger partial charge in [0.15, 0.2) is 0 Å². The summed E-state index contributed by atoms with van der Waals surface area (Å²) in [6, 6.07) is 8.62. The number of nitrogens with zero attached hydrogens (tertiary/aromatic N) is 5. The van der Waals surface area contributed by atoms with E-state index in [2.05, 4.69) is 15.2 Å². The van der Waals surface area contributed by atoms with Crippen LogP contribution in [0.4, 0.5) is 17.2 Å². The molecule has 198 valence electrons. The molecular formula is C27H31N7O4. The van der Waals surface area contributed by atoms with Gasteiger partial charge in [-0.25, -0.2) is 9.78 Å². The van der Waals surface area contributed by atoms with Crippen molar-refractivity contribution in [3.63, 3.8) is 0 Å². The topological polar surface area (TPSA) is 136 Å². The lowest BCUT2D eigenvalue weighted by Gasteiger charge is -2.46. The van der Waals surface area contributed by atoms with Crippen LogP contribution in [0.1, 0.15) is 44.6 Å². The van der Waals surface area contributed by atoms with Gasteiger partial charge in [-0.1, -0.05) is 6.07 Å². The van der Waals surface area contributed by atoms with Crippen LogP contribution in [0.3, 0.4) is 0 Å². The third-order valence-corrected chi connectivity index (χ3v) is 8.54. The Bertz CT molecular complexity index is 1500. The number of piperidine rings is 3. The number of benzene rings is 1. The number of amides is 3. The first kappa shape index (κ1) is 24.2. The second-order valence-electron chi connectivity index (χ2n) is 10.7. The minimum Gasteiger partial charge on any atom is -0.384 e. The Morgan fingerprint density at radius 1 is 1.03 bits per heavy atom. The van der Waals surface area contributed by atoms with Gasteiger partial charge in [0.05, 0.1) is 28.6 Å². The van der Waals surface area contributed by atoms with Crippen LogP contribution in [0.2, 0.25) is 0 Å². The number of imide groups is 1. The van der Waals surface area contributed by atoms with E-state index in [9.17, 15) is 19.2 Å². The van der Waals surface area contributed by atoms with Crippen LogP contribution < -0.4 is 26.5 Å². The van der Waals surface area contributed by atoms with Crippen molar-refractivity contribution in [2.45, 2.75) is 44.6 Å². The second-order valence-corrected chi connectivity index (χ2v) is 10.7. The molecule has 3 amide bonds. The molecule has 3 N–H and O–H groups in total. The number of nitrogens with two attached hydrogens (primary N) is 1. The van der Waals surface area contributed by atoms with Crippen LogP contribution in [0.15, 0.2) is 41.3 Å². The number of pyridine rings is 1. The number of hydrogen-bond acceptors (Lipinski definition) is 7. The minimum absolute atomic E-state index is 0.0379. The molecule has 3 aliphatic rings. The number of carbonyl (C=O) groups excluding carboxylic acids is 3. The van der Waals surface area contributed by atoms with Gasteiger partial charge in [0.1, 0.15) is 11.9 Å². The predicted molar refractivity (Wildman–Crippen MR) is 143 cm³/mol. The maximum absolute atomic E-state index is 13.3. The van der Waals surface area contributed by atoms with Gasteiger partial charge in [-0.15, -0.1) is 0 Å². The first-order valence-electron chi connectivity index (χ1n) is 13.1. The van der Waals surface area contributed by atoms with Gasteiger partial charge in [0.25, 0.3) is 0 Å². The van der Waals surface area contributed by atoms with Gasteiger partial charge in [-0.2, -0.15) is 0 Å². The highest BCUT2D eigenvalue weighted by Crippen LogP contribution is 2.44. The summed E-state index contributed by atoms with van der Waals surface area (Å²) >= 11 is 0. The molecule has 0 aliphatic carbocycles. The Morgan fingerprint density at radius 3 is 2.47 bits per heavy atom. The third-order valence-electron chi connectivity index (χ3n) is 8.54. The van der Waals surface area contributed by atoms with Gasteiger partial charge < -0.3 is 15.5 Å². The van der Waals surface area contributed by atoms with Crippen molar-refractivity contribution in [1.82, 2.24) is 19.4 Å². The molecule has 0 saturated carbocycles. The van der Waals surface area contributed by atoms with Crippen molar-refractivity contribution in [2.24, 2.45) is 12.5 Å². The number of rotatable bonds is 3. The normalized spacial score (nSPS) is 21.8. The molecule has 5 heterocycles. The monoisotopic (exact) mass is 517 g/mol.